The summed E-state index contributed by atoms with van der Waals surface area (Å²) in [5.41, 5.74) is 2.79. The molecule has 2 N–H and O–H groups in total. The summed E-state index contributed by atoms with van der Waals surface area (Å²) >= 11 is 5.98. The summed E-state index contributed by atoms with van der Waals surface area (Å²) in [5, 5.41) is 10.9. The quantitative estimate of drug-likeness (QED) is 0.886. The van der Waals surface area contributed by atoms with Gasteiger partial charge in [-0.15, -0.1) is 0 Å². The summed E-state index contributed by atoms with van der Waals surface area (Å²) in [6, 6.07) is 0. The van der Waals surface area contributed by atoms with Crippen LogP contribution >= 0.6 is 11.6 Å². The standard InChI is InChI=1S/C11H16ClN5O2S/c1-6-9(7(2)15-14-6)5-13-20(18,19)10-8(3)16-17(4)11(10)12/h13H,5H2,1-4H3,(H,14,15). The molecule has 0 radical (unpaired) electrons. The lowest BCUT2D eigenvalue weighted by atomic mass is 10.2. The highest BCUT2D eigenvalue weighted by atomic mass is 35.5. The average molecular weight is 318 g/mol. The Morgan fingerprint density at radius 3 is 2.40 bits per heavy atom. The Kier molecular flexibility index (Phi) is 3.90. The van der Waals surface area contributed by atoms with Crippen LogP contribution in [0.15, 0.2) is 4.90 Å². The highest BCUT2D eigenvalue weighted by Gasteiger charge is 2.25. The second kappa shape index (κ2) is 5.19. The van der Waals surface area contributed by atoms with Crippen LogP contribution in [0.1, 0.15) is 22.6 Å². The summed E-state index contributed by atoms with van der Waals surface area (Å²) in [5.74, 6) is 0. The van der Waals surface area contributed by atoms with E-state index < -0.39 is 10.0 Å². The minimum Gasteiger partial charge on any atom is -0.282 e. The maximum Gasteiger partial charge on any atom is 0.245 e. The van der Waals surface area contributed by atoms with Gasteiger partial charge in [0.2, 0.25) is 10.0 Å². The second-order valence-electron chi connectivity index (χ2n) is 4.57. The van der Waals surface area contributed by atoms with Crippen LogP contribution in [-0.4, -0.2) is 28.4 Å². The maximum absolute atomic E-state index is 12.3. The number of hydrogen-bond acceptors (Lipinski definition) is 4. The third-order valence-corrected chi connectivity index (χ3v) is 5.18. The summed E-state index contributed by atoms with van der Waals surface area (Å²) < 4.78 is 28.5. The molecule has 0 saturated heterocycles. The molecule has 2 rings (SSSR count). The van der Waals surface area contributed by atoms with E-state index in [1.807, 2.05) is 13.8 Å². The lowest BCUT2D eigenvalue weighted by Crippen LogP contribution is -2.24. The number of halogens is 1. The third-order valence-electron chi connectivity index (χ3n) is 3.09. The fourth-order valence-electron chi connectivity index (χ4n) is 1.99. The van der Waals surface area contributed by atoms with Crippen molar-refractivity contribution >= 4 is 21.6 Å². The zero-order valence-corrected chi connectivity index (χ0v) is 13.2. The zero-order valence-electron chi connectivity index (χ0n) is 11.7. The Labute approximate surface area is 122 Å². The molecule has 0 aliphatic carbocycles. The van der Waals surface area contributed by atoms with Crippen molar-refractivity contribution < 1.29 is 8.42 Å². The second-order valence-corrected chi connectivity index (χ2v) is 6.63. The summed E-state index contributed by atoms with van der Waals surface area (Å²) in [4.78, 5) is 0.0143. The Hall–Kier alpha value is -1.38. The van der Waals surface area contributed by atoms with Crippen molar-refractivity contribution in [1.29, 1.82) is 0 Å². The molecule has 0 spiro atoms. The number of aromatic nitrogens is 4. The van der Waals surface area contributed by atoms with Crippen molar-refractivity contribution in [3.05, 3.63) is 27.8 Å². The number of sulfonamides is 1. The van der Waals surface area contributed by atoms with Gasteiger partial charge in [0.15, 0.2) is 0 Å². The van der Waals surface area contributed by atoms with E-state index in [1.54, 1.807) is 14.0 Å². The molecule has 20 heavy (non-hydrogen) atoms. The van der Waals surface area contributed by atoms with Gasteiger partial charge in [-0.2, -0.15) is 10.2 Å². The Morgan fingerprint density at radius 1 is 1.30 bits per heavy atom. The summed E-state index contributed by atoms with van der Waals surface area (Å²) in [6.45, 7) is 5.41. The number of nitrogens with one attached hydrogen (secondary N) is 2. The van der Waals surface area contributed by atoms with E-state index in [-0.39, 0.29) is 16.6 Å². The number of nitrogens with zero attached hydrogens (tertiary/aromatic N) is 3. The van der Waals surface area contributed by atoms with Gasteiger partial charge in [-0.3, -0.25) is 9.78 Å². The smallest absolute Gasteiger partial charge is 0.245 e. The van der Waals surface area contributed by atoms with Crippen LogP contribution in [0.4, 0.5) is 0 Å². The van der Waals surface area contributed by atoms with E-state index >= 15 is 0 Å². The van der Waals surface area contributed by atoms with Gasteiger partial charge in [0, 0.05) is 24.8 Å². The summed E-state index contributed by atoms with van der Waals surface area (Å²) in [7, 11) is -2.12. The van der Waals surface area contributed by atoms with Crippen molar-refractivity contribution in [2.24, 2.45) is 7.05 Å². The molecular formula is C11H16ClN5O2S. The molecule has 110 valence electrons. The normalized spacial score (nSPS) is 12.1. The van der Waals surface area contributed by atoms with Crippen molar-refractivity contribution in [2.45, 2.75) is 32.2 Å². The predicted molar refractivity (Wildman–Crippen MR) is 75.0 cm³/mol. The lowest BCUT2D eigenvalue weighted by Gasteiger charge is -2.06. The molecule has 0 fully saturated rings. The van der Waals surface area contributed by atoms with Gasteiger partial charge < -0.3 is 0 Å². The number of H-pyrrole nitrogens is 1. The molecule has 0 aliphatic rings. The van der Waals surface area contributed by atoms with Gasteiger partial charge in [-0.05, 0) is 20.8 Å². The molecule has 0 atom stereocenters. The molecular weight excluding hydrogens is 302 g/mol. The first kappa shape index (κ1) is 15.0. The van der Waals surface area contributed by atoms with Crippen LogP contribution < -0.4 is 4.72 Å². The molecule has 0 bridgehead atoms. The fraction of sp³-hybridized carbons (Fsp3) is 0.455. The first-order chi connectivity index (χ1) is 9.24. The van der Waals surface area contributed by atoms with Crippen molar-refractivity contribution in [2.75, 3.05) is 0 Å². The molecule has 0 unspecified atom stereocenters. The zero-order chi connectivity index (χ0) is 15.1. The van der Waals surface area contributed by atoms with E-state index in [4.69, 9.17) is 11.6 Å². The first-order valence-electron chi connectivity index (χ1n) is 5.93. The van der Waals surface area contributed by atoms with Gasteiger partial charge in [0.25, 0.3) is 0 Å². The number of hydrogen-bond donors (Lipinski definition) is 2. The molecule has 9 heteroatoms. The molecule has 0 aliphatic heterocycles. The minimum atomic E-state index is -3.72. The SMILES string of the molecule is Cc1n[nH]c(C)c1CNS(=O)(=O)c1c(C)nn(C)c1Cl. The highest BCUT2D eigenvalue weighted by molar-refractivity contribution is 7.89. The average Bonchev–Trinajstić information content (AvgIpc) is 2.78. The molecule has 0 amide bonds. The molecule has 2 heterocycles. The van der Waals surface area contributed by atoms with Gasteiger partial charge >= 0.3 is 0 Å². The van der Waals surface area contributed by atoms with E-state index in [0.717, 1.165) is 17.0 Å². The van der Waals surface area contributed by atoms with E-state index in [0.29, 0.717) is 5.69 Å². The number of aryl methyl sites for hydroxylation is 4. The van der Waals surface area contributed by atoms with Crippen molar-refractivity contribution in [1.82, 2.24) is 24.7 Å². The summed E-state index contributed by atoms with van der Waals surface area (Å²) in [6.07, 6.45) is 0. The Balaban J connectivity index is 2.29. The minimum absolute atomic E-state index is 0.0143. The maximum atomic E-state index is 12.3. The van der Waals surface area contributed by atoms with Crippen LogP contribution in [0.2, 0.25) is 5.15 Å². The number of rotatable bonds is 4. The monoisotopic (exact) mass is 317 g/mol. The van der Waals surface area contributed by atoms with Crippen LogP contribution in [0.25, 0.3) is 0 Å². The van der Waals surface area contributed by atoms with Crippen LogP contribution in [0.5, 0.6) is 0 Å². The van der Waals surface area contributed by atoms with Gasteiger partial charge in [-0.1, -0.05) is 11.6 Å². The predicted octanol–water partition coefficient (Wildman–Crippen LogP) is 1.20. The topological polar surface area (TPSA) is 92.7 Å². The molecule has 0 aromatic carbocycles. The lowest BCUT2D eigenvalue weighted by molar-refractivity contribution is 0.580. The third kappa shape index (κ3) is 2.58. The van der Waals surface area contributed by atoms with Gasteiger partial charge in [0.05, 0.1) is 11.4 Å². The first-order valence-corrected chi connectivity index (χ1v) is 7.79. The molecule has 0 saturated carbocycles. The van der Waals surface area contributed by atoms with E-state index in [1.165, 1.54) is 4.68 Å². The van der Waals surface area contributed by atoms with Crippen LogP contribution in [-0.2, 0) is 23.6 Å². The van der Waals surface area contributed by atoms with Crippen LogP contribution in [0, 0.1) is 20.8 Å². The fourth-order valence-corrected chi connectivity index (χ4v) is 3.73. The number of aromatic amines is 1. The van der Waals surface area contributed by atoms with Crippen LogP contribution in [0.3, 0.4) is 0 Å². The Bertz CT molecular complexity index is 728. The molecule has 2 aromatic rings. The van der Waals surface area contributed by atoms with Crippen molar-refractivity contribution in [3.8, 4) is 0 Å². The molecule has 7 nitrogen and oxygen atoms in total. The van der Waals surface area contributed by atoms with E-state index in [9.17, 15) is 8.42 Å². The highest BCUT2D eigenvalue weighted by Crippen LogP contribution is 2.24. The van der Waals surface area contributed by atoms with Gasteiger partial charge in [0.1, 0.15) is 10.0 Å². The Morgan fingerprint density at radius 2 is 1.95 bits per heavy atom. The van der Waals surface area contributed by atoms with Crippen molar-refractivity contribution in [3.63, 3.8) is 0 Å². The van der Waals surface area contributed by atoms with E-state index in [2.05, 4.69) is 20.0 Å². The largest absolute Gasteiger partial charge is 0.282 e. The molecule has 2 aromatic heterocycles. The van der Waals surface area contributed by atoms with Gasteiger partial charge in [-0.25, -0.2) is 13.1 Å².